The number of piperidine rings is 1. The predicted molar refractivity (Wildman–Crippen MR) is 109 cm³/mol. The molecule has 3 heterocycles. The zero-order chi connectivity index (χ0) is 18.6. The van der Waals surface area contributed by atoms with Crippen LogP contribution in [0.1, 0.15) is 24.0 Å². The second kappa shape index (κ2) is 7.98. The third-order valence-corrected chi connectivity index (χ3v) is 5.95. The first-order chi connectivity index (χ1) is 13.2. The van der Waals surface area contributed by atoms with Crippen molar-refractivity contribution in [3.63, 3.8) is 0 Å². The number of rotatable bonds is 3. The first-order valence-corrected chi connectivity index (χ1v) is 9.90. The van der Waals surface area contributed by atoms with E-state index in [0.717, 1.165) is 45.1 Å². The highest BCUT2D eigenvalue weighted by Gasteiger charge is 2.28. The normalized spacial score (nSPS) is 19.1. The van der Waals surface area contributed by atoms with Crippen molar-refractivity contribution >= 4 is 11.5 Å². The molecule has 2 saturated heterocycles. The summed E-state index contributed by atoms with van der Waals surface area (Å²) in [5.74, 6) is 0.989. The number of benzene rings is 1. The summed E-state index contributed by atoms with van der Waals surface area (Å²) in [6, 6.07) is 15.4. The van der Waals surface area contributed by atoms with Crippen LogP contribution in [0.3, 0.4) is 0 Å². The van der Waals surface area contributed by atoms with Gasteiger partial charge in [0.25, 0.3) is 0 Å². The number of hydrogen-bond donors (Lipinski definition) is 0. The molecule has 0 spiro atoms. The molecule has 0 radical (unpaired) electrons. The molecule has 0 atom stereocenters. The fourth-order valence-corrected chi connectivity index (χ4v) is 4.35. The average molecular weight is 361 g/mol. The summed E-state index contributed by atoms with van der Waals surface area (Å²) in [5, 5.41) is 8.91. The number of nitrogens with zero attached hydrogens (tertiary/aromatic N) is 5. The van der Waals surface area contributed by atoms with E-state index in [1.54, 1.807) is 6.20 Å². The van der Waals surface area contributed by atoms with Gasteiger partial charge in [-0.2, -0.15) is 5.26 Å². The van der Waals surface area contributed by atoms with Gasteiger partial charge in [0, 0.05) is 57.2 Å². The molecule has 27 heavy (non-hydrogen) atoms. The molecular formula is C22H27N5. The lowest BCUT2D eigenvalue weighted by molar-refractivity contribution is 0.159. The van der Waals surface area contributed by atoms with Crippen LogP contribution in [-0.2, 0) is 0 Å². The fourth-order valence-electron chi connectivity index (χ4n) is 4.35. The monoisotopic (exact) mass is 361 g/mol. The summed E-state index contributed by atoms with van der Waals surface area (Å²) >= 11 is 0. The number of para-hydroxylation sites is 1. The summed E-state index contributed by atoms with van der Waals surface area (Å²) in [4.78, 5) is 12.0. The van der Waals surface area contributed by atoms with Crippen molar-refractivity contribution < 1.29 is 0 Å². The van der Waals surface area contributed by atoms with Gasteiger partial charge in [-0.3, -0.25) is 4.90 Å². The van der Waals surface area contributed by atoms with Gasteiger partial charge in [-0.25, -0.2) is 4.98 Å². The number of aromatic nitrogens is 1. The van der Waals surface area contributed by atoms with Crippen LogP contribution in [0.15, 0.2) is 42.6 Å². The molecule has 2 aliphatic rings. The number of pyridine rings is 1. The van der Waals surface area contributed by atoms with E-state index in [9.17, 15) is 0 Å². The molecule has 5 nitrogen and oxygen atoms in total. The Balaban J connectivity index is 1.29. The van der Waals surface area contributed by atoms with Crippen molar-refractivity contribution in [2.45, 2.75) is 25.8 Å². The lowest BCUT2D eigenvalue weighted by atomic mass is 10.0. The van der Waals surface area contributed by atoms with Gasteiger partial charge >= 0.3 is 0 Å². The molecule has 0 aliphatic carbocycles. The first-order valence-electron chi connectivity index (χ1n) is 9.90. The highest BCUT2D eigenvalue weighted by Crippen LogP contribution is 2.26. The van der Waals surface area contributed by atoms with E-state index in [-0.39, 0.29) is 0 Å². The molecule has 0 saturated carbocycles. The quantitative estimate of drug-likeness (QED) is 0.841. The Hall–Kier alpha value is -2.58. The number of piperazine rings is 1. The second-order valence-electron chi connectivity index (χ2n) is 7.54. The van der Waals surface area contributed by atoms with Crippen LogP contribution in [0.5, 0.6) is 0 Å². The van der Waals surface area contributed by atoms with Crippen LogP contribution < -0.4 is 9.80 Å². The van der Waals surface area contributed by atoms with Gasteiger partial charge < -0.3 is 9.80 Å². The maximum absolute atomic E-state index is 8.91. The zero-order valence-corrected chi connectivity index (χ0v) is 16.0. The highest BCUT2D eigenvalue weighted by atomic mass is 15.3. The standard InChI is InChI=1S/C22H27N5/c1-18-4-2-3-5-21(18)26-10-8-20(9-11-26)25-12-14-27(15-13-25)22-7-6-19(16-23)17-24-22/h2-7,17,20H,8-15H2,1H3. The SMILES string of the molecule is Cc1ccccc1N1CCC(N2CCN(c3ccc(C#N)cn3)CC2)CC1. The Morgan fingerprint density at radius 1 is 0.926 bits per heavy atom. The molecule has 2 fully saturated rings. The van der Waals surface area contributed by atoms with Crippen molar-refractivity contribution in [3.05, 3.63) is 53.7 Å². The van der Waals surface area contributed by atoms with Crippen molar-refractivity contribution in [1.82, 2.24) is 9.88 Å². The van der Waals surface area contributed by atoms with Crippen LogP contribution in [0.2, 0.25) is 0 Å². The van der Waals surface area contributed by atoms with Crippen LogP contribution in [0.25, 0.3) is 0 Å². The van der Waals surface area contributed by atoms with E-state index < -0.39 is 0 Å². The summed E-state index contributed by atoms with van der Waals surface area (Å²) in [6.45, 7) is 8.71. The molecule has 140 valence electrons. The van der Waals surface area contributed by atoms with E-state index in [0.29, 0.717) is 11.6 Å². The minimum Gasteiger partial charge on any atom is -0.371 e. The third kappa shape index (κ3) is 3.91. The molecular weight excluding hydrogens is 334 g/mol. The molecule has 2 aliphatic heterocycles. The van der Waals surface area contributed by atoms with Gasteiger partial charge in [0.2, 0.25) is 0 Å². The summed E-state index contributed by atoms with van der Waals surface area (Å²) < 4.78 is 0. The Kier molecular flexibility index (Phi) is 5.26. The number of nitriles is 1. The number of anilines is 2. The lowest BCUT2D eigenvalue weighted by Gasteiger charge is -2.43. The van der Waals surface area contributed by atoms with Gasteiger partial charge in [0.1, 0.15) is 11.9 Å². The van der Waals surface area contributed by atoms with Crippen LogP contribution in [-0.4, -0.2) is 55.2 Å². The Morgan fingerprint density at radius 3 is 2.30 bits per heavy atom. The van der Waals surface area contributed by atoms with Crippen molar-refractivity contribution in [2.75, 3.05) is 49.1 Å². The summed E-state index contributed by atoms with van der Waals surface area (Å²) in [5.41, 5.74) is 3.39. The van der Waals surface area contributed by atoms with Gasteiger partial charge in [-0.15, -0.1) is 0 Å². The molecule has 0 unspecified atom stereocenters. The first kappa shape index (κ1) is 17.8. The van der Waals surface area contributed by atoms with Crippen molar-refractivity contribution in [2.24, 2.45) is 0 Å². The molecule has 0 N–H and O–H groups in total. The molecule has 5 heteroatoms. The molecule has 0 bridgehead atoms. The Morgan fingerprint density at radius 2 is 1.67 bits per heavy atom. The van der Waals surface area contributed by atoms with E-state index >= 15 is 0 Å². The van der Waals surface area contributed by atoms with Gasteiger partial charge in [-0.1, -0.05) is 18.2 Å². The topological polar surface area (TPSA) is 46.4 Å². The highest BCUT2D eigenvalue weighted by molar-refractivity contribution is 5.53. The predicted octanol–water partition coefficient (Wildman–Crippen LogP) is 3.05. The van der Waals surface area contributed by atoms with Crippen LogP contribution >= 0.6 is 0 Å². The van der Waals surface area contributed by atoms with Crippen molar-refractivity contribution in [1.29, 1.82) is 5.26 Å². The number of aryl methyl sites for hydroxylation is 1. The number of hydrogen-bond acceptors (Lipinski definition) is 5. The van der Waals surface area contributed by atoms with Gasteiger partial charge in [0.05, 0.1) is 5.56 Å². The molecule has 1 aromatic carbocycles. The van der Waals surface area contributed by atoms with Gasteiger partial charge in [0.15, 0.2) is 0 Å². The second-order valence-corrected chi connectivity index (χ2v) is 7.54. The van der Waals surface area contributed by atoms with Gasteiger partial charge in [-0.05, 0) is 43.5 Å². The van der Waals surface area contributed by atoms with Crippen LogP contribution in [0, 0.1) is 18.3 Å². The Bertz CT molecular complexity index is 794. The van der Waals surface area contributed by atoms with E-state index in [1.165, 1.54) is 24.1 Å². The van der Waals surface area contributed by atoms with Crippen LogP contribution in [0.4, 0.5) is 11.5 Å². The van der Waals surface area contributed by atoms with E-state index in [1.807, 2.05) is 12.1 Å². The minimum atomic E-state index is 0.623. The van der Waals surface area contributed by atoms with E-state index in [4.69, 9.17) is 5.26 Å². The minimum absolute atomic E-state index is 0.623. The smallest absolute Gasteiger partial charge is 0.128 e. The Labute approximate surface area is 161 Å². The maximum Gasteiger partial charge on any atom is 0.128 e. The maximum atomic E-state index is 8.91. The third-order valence-electron chi connectivity index (χ3n) is 5.95. The van der Waals surface area contributed by atoms with E-state index in [2.05, 4.69) is 56.9 Å². The molecule has 1 aromatic heterocycles. The summed E-state index contributed by atoms with van der Waals surface area (Å²) in [7, 11) is 0. The summed E-state index contributed by atoms with van der Waals surface area (Å²) in [6.07, 6.45) is 4.15. The molecule has 2 aromatic rings. The van der Waals surface area contributed by atoms with Crippen molar-refractivity contribution in [3.8, 4) is 6.07 Å². The average Bonchev–Trinajstić information content (AvgIpc) is 2.74. The molecule has 0 amide bonds. The fraction of sp³-hybridized carbons (Fsp3) is 0.455. The largest absolute Gasteiger partial charge is 0.371 e. The zero-order valence-electron chi connectivity index (χ0n) is 16.0. The lowest BCUT2D eigenvalue weighted by Crippen LogP contribution is -2.53. The molecule has 4 rings (SSSR count).